The maximum absolute atomic E-state index is 11.4. The molecule has 0 radical (unpaired) electrons. The fourth-order valence-corrected chi connectivity index (χ4v) is 3.51. The second-order valence-electron chi connectivity index (χ2n) is 7.04. The van der Waals surface area contributed by atoms with Crippen molar-refractivity contribution in [1.82, 2.24) is 9.80 Å². The quantitative estimate of drug-likeness (QED) is 0.898. The number of carbonyl (C=O) groups excluding carboxylic acids is 1. The predicted octanol–water partition coefficient (Wildman–Crippen LogP) is 2.19. The molecular weight excluding hydrogens is 302 g/mol. The van der Waals surface area contributed by atoms with Crippen molar-refractivity contribution in [3.63, 3.8) is 0 Å². The number of rotatable bonds is 5. The number of benzene rings is 1. The highest BCUT2D eigenvalue weighted by Crippen LogP contribution is 2.21. The minimum absolute atomic E-state index is 0.187. The van der Waals surface area contributed by atoms with Gasteiger partial charge >= 0.3 is 0 Å². The van der Waals surface area contributed by atoms with Gasteiger partial charge in [-0.1, -0.05) is 12.1 Å². The molecule has 5 heteroatoms. The average molecular weight is 331 g/mol. The molecule has 1 aromatic carbocycles. The Bertz CT molecular complexity index is 532. The highest BCUT2D eigenvalue weighted by molar-refractivity contribution is 5.73. The van der Waals surface area contributed by atoms with Gasteiger partial charge in [0.1, 0.15) is 0 Å². The molecule has 0 aromatic heterocycles. The summed E-state index contributed by atoms with van der Waals surface area (Å²) >= 11 is 0. The lowest BCUT2D eigenvalue weighted by molar-refractivity contribution is -0.130. The van der Waals surface area contributed by atoms with Crippen molar-refractivity contribution in [2.75, 3.05) is 44.7 Å². The number of piperazine rings is 1. The summed E-state index contributed by atoms with van der Waals surface area (Å²) in [6, 6.07) is 9.20. The van der Waals surface area contributed by atoms with E-state index in [-0.39, 0.29) is 5.91 Å². The lowest BCUT2D eigenvalue weighted by Crippen LogP contribution is -2.47. The van der Waals surface area contributed by atoms with Gasteiger partial charge in [0.15, 0.2) is 0 Å². The zero-order valence-electron chi connectivity index (χ0n) is 14.8. The Balaban J connectivity index is 1.47. The molecule has 5 nitrogen and oxygen atoms in total. The lowest BCUT2D eigenvalue weighted by Gasteiger charge is -2.34. The molecule has 0 spiro atoms. The van der Waals surface area contributed by atoms with E-state index < -0.39 is 0 Å². The number of anilines is 1. The van der Waals surface area contributed by atoms with Crippen LogP contribution < -0.4 is 5.32 Å². The van der Waals surface area contributed by atoms with Gasteiger partial charge < -0.3 is 15.0 Å². The molecule has 0 saturated carbocycles. The molecule has 0 unspecified atom stereocenters. The van der Waals surface area contributed by atoms with Gasteiger partial charge in [-0.25, -0.2) is 0 Å². The van der Waals surface area contributed by atoms with E-state index in [9.17, 15) is 4.79 Å². The minimum atomic E-state index is 0.187. The molecule has 1 N–H and O–H groups in total. The normalized spacial score (nSPS) is 23.2. The number of hydrogen-bond acceptors (Lipinski definition) is 4. The van der Waals surface area contributed by atoms with Crippen LogP contribution in [0.3, 0.4) is 0 Å². The van der Waals surface area contributed by atoms with E-state index in [0.717, 1.165) is 52.4 Å². The standard InChI is InChI=1S/C19H29N3O2/c1-15(18-7-12-24-14-18)20-19-5-3-17(4-6-19)13-21-8-10-22(11-9-21)16(2)23/h3-6,15,18,20H,7-14H2,1-2H3/t15-,18+/m1/s1. The predicted molar refractivity (Wildman–Crippen MR) is 96.0 cm³/mol. The summed E-state index contributed by atoms with van der Waals surface area (Å²) in [6.45, 7) is 10.2. The van der Waals surface area contributed by atoms with E-state index in [1.165, 1.54) is 11.3 Å². The molecule has 132 valence electrons. The zero-order chi connectivity index (χ0) is 16.9. The second-order valence-corrected chi connectivity index (χ2v) is 7.04. The number of carbonyl (C=O) groups is 1. The third-order valence-electron chi connectivity index (χ3n) is 5.24. The smallest absolute Gasteiger partial charge is 0.219 e. The zero-order valence-corrected chi connectivity index (χ0v) is 14.8. The van der Waals surface area contributed by atoms with Crippen LogP contribution >= 0.6 is 0 Å². The van der Waals surface area contributed by atoms with E-state index in [4.69, 9.17) is 4.74 Å². The van der Waals surface area contributed by atoms with E-state index >= 15 is 0 Å². The molecule has 2 fully saturated rings. The Kier molecular flexibility index (Phi) is 5.74. The van der Waals surface area contributed by atoms with Crippen LogP contribution in [0.2, 0.25) is 0 Å². The summed E-state index contributed by atoms with van der Waals surface area (Å²) in [6.07, 6.45) is 1.15. The minimum Gasteiger partial charge on any atom is -0.382 e. The number of nitrogens with one attached hydrogen (secondary N) is 1. The molecule has 0 bridgehead atoms. The van der Waals surface area contributed by atoms with Crippen molar-refractivity contribution in [1.29, 1.82) is 0 Å². The maximum atomic E-state index is 11.4. The number of hydrogen-bond donors (Lipinski definition) is 1. The van der Waals surface area contributed by atoms with Crippen LogP contribution in [0.1, 0.15) is 25.8 Å². The van der Waals surface area contributed by atoms with Gasteiger partial charge in [0, 0.05) is 63.9 Å². The van der Waals surface area contributed by atoms with E-state index in [1.54, 1.807) is 6.92 Å². The van der Waals surface area contributed by atoms with Gasteiger partial charge in [0.05, 0.1) is 6.61 Å². The highest BCUT2D eigenvalue weighted by Gasteiger charge is 2.22. The fraction of sp³-hybridized carbons (Fsp3) is 0.632. The molecule has 2 atom stereocenters. The second kappa shape index (κ2) is 7.99. The number of nitrogens with zero attached hydrogens (tertiary/aromatic N) is 2. The van der Waals surface area contributed by atoms with Gasteiger partial charge in [-0.3, -0.25) is 9.69 Å². The van der Waals surface area contributed by atoms with Gasteiger partial charge in [0.2, 0.25) is 5.91 Å². The topological polar surface area (TPSA) is 44.8 Å². The Morgan fingerprint density at radius 3 is 2.54 bits per heavy atom. The summed E-state index contributed by atoms with van der Waals surface area (Å²) in [5, 5.41) is 3.60. The summed E-state index contributed by atoms with van der Waals surface area (Å²) in [5.41, 5.74) is 2.51. The Labute approximate surface area is 145 Å². The first-order chi connectivity index (χ1) is 11.6. The SMILES string of the molecule is CC(=O)N1CCN(Cc2ccc(N[C@H](C)[C@H]3CCOC3)cc2)CC1. The third-order valence-corrected chi connectivity index (χ3v) is 5.24. The van der Waals surface area contributed by atoms with Crippen molar-refractivity contribution in [3.8, 4) is 0 Å². The molecule has 2 saturated heterocycles. The Morgan fingerprint density at radius 1 is 1.25 bits per heavy atom. The van der Waals surface area contributed by atoms with Crippen molar-refractivity contribution in [2.24, 2.45) is 5.92 Å². The molecule has 1 amide bonds. The van der Waals surface area contributed by atoms with Crippen LogP contribution in [0.25, 0.3) is 0 Å². The van der Waals surface area contributed by atoms with Crippen LogP contribution in [-0.4, -0.2) is 61.1 Å². The van der Waals surface area contributed by atoms with Gasteiger partial charge in [0.25, 0.3) is 0 Å². The first-order valence-corrected chi connectivity index (χ1v) is 9.03. The van der Waals surface area contributed by atoms with Crippen LogP contribution in [0.5, 0.6) is 0 Å². The largest absolute Gasteiger partial charge is 0.382 e. The summed E-state index contributed by atoms with van der Waals surface area (Å²) in [5.74, 6) is 0.800. The van der Waals surface area contributed by atoms with Crippen LogP contribution in [-0.2, 0) is 16.1 Å². The molecule has 0 aliphatic carbocycles. The third kappa shape index (κ3) is 4.48. The van der Waals surface area contributed by atoms with Crippen LogP contribution in [0, 0.1) is 5.92 Å². The molecular formula is C19H29N3O2. The molecule has 3 rings (SSSR count). The first-order valence-electron chi connectivity index (χ1n) is 9.03. The van der Waals surface area contributed by atoms with Crippen molar-refractivity contribution in [2.45, 2.75) is 32.9 Å². The fourth-order valence-electron chi connectivity index (χ4n) is 3.51. The summed E-state index contributed by atoms with van der Waals surface area (Å²) < 4.78 is 5.47. The molecule has 1 aromatic rings. The highest BCUT2D eigenvalue weighted by atomic mass is 16.5. The van der Waals surface area contributed by atoms with Crippen molar-refractivity contribution >= 4 is 11.6 Å². The van der Waals surface area contributed by atoms with E-state index in [2.05, 4.69) is 41.4 Å². The van der Waals surface area contributed by atoms with E-state index in [1.807, 2.05) is 4.90 Å². The number of ether oxygens (including phenoxy) is 1. The molecule has 2 aliphatic heterocycles. The Morgan fingerprint density at radius 2 is 1.96 bits per heavy atom. The average Bonchev–Trinajstić information content (AvgIpc) is 3.12. The maximum Gasteiger partial charge on any atom is 0.219 e. The van der Waals surface area contributed by atoms with Gasteiger partial charge in [-0.15, -0.1) is 0 Å². The lowest BCUT2D eigenvalue weighted by atomic mass is 10.0. The van der Waals surface area contributed by atoms with Gasteiger partial charge in [-0.05, 0) is 31.0 Å². The van der Waals surface area contributed by atoms with Crippen LogP contribution in [0.4, 0.5) is 5.69 Å². The first kappa shape index (κ1) is 17.2. The molecule has 24 heavy (non-hydrogen) atoms. The molecule has 2 aliphatic rings. The molecule has 2 heterocycles. The summed E-state index contributed by atoms with van der Waals surface area (Å²) in [4.78, 5) is 15.7. The van der Waals surface area contributed by atoms with Crippen LogP contribution in [0.15, 0.2) is 24.3 Å². The monoisotopic (exact) mass is 331 g/mol. The van der Waals surface area contributed by atoms with Crippen molar-refractivity contribution in [3.05, 3.63) is 29.8 Å². The van der Waals surface area contributed by atoms with E-state index in [0.29, 0.717) is 12.0 Å². The Hall–Kier alpha value is -1.59. The number of amides is 1. The summed E-state index contributed by atoms with van der Waals surface area (Å²) in [7, 11) is 0. The van der Waals surface area contributed by atoms with Gasteiger partial charge in [-0.2, -0.15) is 0 Å². The van der Waals surface area contributed by atoms with Crippen molar-refractivity contribution < 1.29 is 9.53 Å².